The van der Waals surface area contributed by atoms with Gasteiger partial charge in [0.15, 0.2) is 0 Å². The van der Waals surface area contributed by atoms with Gasteiger partial charge in [-0.1, -0.05) is 25.1 Å². The van der Waals surface area contributed by atoms with Crippen molar-refractivity contribution in [2.24, 2.45) is 0 Å². The van der Waals surface area contributed by atoms with Gasteiger partial charge < -0.3 is 10.6 Å². The molecule has 0 aliphatic rings. The summed E-state index contributed by atoms with van der Waals surface area (Å²) in [6.07, 6.45) is 3.51. The first-order valence-electron chi connectivity index (χ1n) is 8.00. The smallest absolute Gasteiger partial charge is 0.258 e. The minimum absolute atomic E-state index is 0.0829. The zero-order chi connectivity index (χ0) is 18.5. The van der Waals surface area contributed by atoms with Crippen molar-refractivity contribution >= 4 is 23.2 Å². The highest BCUT2D eigenvalue weighted by Gasteiger charge is 2.14. The van der Waals surface area contributed by atoms with Crippen LogP contribution >= 0.6 is 0 Å². The van der Waals surface area contributed by atoms with E-state index < -0.39 is 23.2 Å². The van der Waals surface area contributed by atoms with Crippen LogP contribution in [0.15, 0.2) is 54.9 Å². The minimum atomic E-state index is -0.854. The molecule has 0 aliphatic carbocycles. The normalized spacial score (nSPS) is 10.4. The molecule has 0 spiro atoms. The van der Waals surface area contributed by atoms with Gasteiger partial charge in [-0.3, -0.25) is 4.79 Å². The van der Waals surface area contributed by atoms with Crippen LogP contribution in [0.1, 0.15) is 22.8 Å². The predicted molar refractivity (Wildman–Crippen MR) is 95.4 cm³/mol. The molecule has 1 amide bonds. The molecule has 5 nitrogen and oxygen atoms in total. The molecule has 2 N–H and O–H groups in total. The molecule has 0 aliphatic heterocycles. The number of anilines is 3. The lowest BCUT2D eigenvalue weighted by Crippen LogP contribution is -2.15. The van der Waals surface area contributed by atoms with E-state index in [9.17, 15) is 13.6 Å². The Hall–Kier alpha value is -3.35. The van der Waals surface area contributed by atoms with Crippen LogP contribution < -0.4 is 10.6 Å². The zero-order valence-electron chi connectivity index (χ0n) is 14.0. The van der Waals surface area contributed by atoms with Gasteiger partial charge in [0, 0.05) is 18.1 Å². The first-order chi connectivity index (χ1) is 12.6. The summed E-state index contributed by atoms with van der Waals surface area (Å²) in [7, 11) is 0. The number of carbonyl (C=O) groups excluding carboxylic acids is 1. The zero-order valence-corrected chi connectivity index (χ0v) is 14.0. The Balaban J connectivity index is 1.69. The maximum atomic E-state index is 13.6. The Morgan fingerprint density at radius 1 is 1.00 bits per heavy atom. The van der Waals surface area contributed by atoms with Crippen LogP contribution in [0.5, 0.6) is 0 Å². The van der Waals surface area contributed by atoms with Gasteiger partial charge in [-0.05, 0) is 36.2 Å². The third-order valence-corrected chi connectivity index (χ3v) is 3.73. The van der Waals surface area contributed by atoms with Crippen LogP contribution in [-0.2, 0) is 6.42 Å². The lowest BCUT2D eigenvalue weighted by Gasteiger charge is -2.08. The predicted octanol–water partition coefficient (Wildman–Crippen LogP) is 4.31. The summed E-state index contributed by atoms with van der Waals surface area (Å²) in [4.78, 5) is 20.2. The molecule has 132 valence electrons. The van der Waals surface area contributed by atoms with Gasteiger partial charge in [0.05, 0.1) is 5.56 Å². The molecule has 0 saturated heterocycles. The number of hydrogen-bond donors (Lipinski definition) is 2. The molecule has 3 aromatic rings. The number of carbonyl (C=O) groups is 1. The highest BCUT2D eigenvalue weighted by molar-refractivity contribution is 6.04. The lowest BCUT2D eigenvalue weighted by atomic mass is 10.1. The molecule has 3 rings (SSSR count). The maximum absolute atomic E-state index is 13.6. The number of hydrogen-bond acceptors (Lipinski definition) is 4. The van der Waals surface area contributed by atoms with Crippen LogP contribution in [-0.4, -0.2) is 15.9 Å². The molecule has 7 heteroatoms. The first kappa shape index (κ1) is 17.5. The molecule has 1 heterocycles. The molecule has 0 bridgehead atoms. The SMILES string of the molecule is CCc1ccc(Nc2ncc(C(=O)Nc3c(F)cccc3F)cn2)cc1. The van der Waals surface area contributed by atoms with Crippen LogP contribution in [0, 0.1) is 11.6 Å². The van der Waals surface area contributed by atoms with Gasteiger partial charge in [-0.15, -0.1) is 0 Å². The second kappa shape index (κ2) is 7.69. The van der Waals surface area contributed by atoms with Crippen molar-refractivity contribution in [1.82, 2.24) is 9.97 Å². The van der Waals surface area contributed by atoms with E-state index in [1.807, 2.05) is 24.3 Å². The molecule has 0 atom stereocenters. The van der Waals surface area contributed by atoms with Gasteiger partial charge in [-0.25, -0.2) is 18.7 Å². The van der Waals surface area contributed by atoms with E-state index in [2.05, 4.69) is 27.5 Å². The number of halogens is 2. The third-order valence-electron chi connectivity index (χ3n) is 3.73. The van der Waals surface area contributed by atoms with E-state index in [0.29, 0.717) is 5.95 Å². The first-order valence-corrected chi connectivity index (χ1v) is 8.00. The second-order valence-corrected chi connectivity index (χ2v) is 5.52. The average molecular weight is 354 g/mol. The van der Waals surface area contributed by atoms with Crippen LogP contribution in [0.2, 0.25) is 0 Å². The summed E-state index contributed by atoms with van der Waals surface area (Å²) < 4.78 is 27.2. The van der Waals surface area contributed by atoms with Crippen molar-refractivity contribution in [3.63, 3.8) is 0 Å². The summed E-state index contributed by atoms with van der Waals surface area (Å²) in [5, 5.41) is 5.20. The summed E-state index contributed by atoms with van der Waals surface area (Å²) in [5.41, 5.74) is 1.60. The fourth-order valence-corrected chi connectivity index (χ4v) is 2.27. The van der Waals surface area contributed by atoms with Crippen molar-refractivity contribution in [1.29, 1.82) is 0 Å². The van der Waals surface area contributed by atoms with Crippen molar-refractivity contribution in [3.8, 4) is 0 Å². The van der Waals surface area contributed by atoms with Crippen molar-refractivity contribution in [3.05, 3.63) is 77.6 Å². The Bertz CT molecular complexity index is 892. The van der Waals surface area contributed by atoms with Gasteiger partial charge in [-0.2, -0.15) is 0 Å². The summed E-state index contributed by atoms with van der Waals surface area (Å²) in [5.74, 6) is -2.10. The minimum Gasteiger partial charge on any atom is -0.324 e. The number of aryl methyl sites for hydroxylation is 1. The monoisotopic (exact) mass is 354 g/mol. The number of benzene rings is 2. The number of amides is 1. The number of aromatic nitrogens is 2. The molecular weight excluding hydrogens is 338 g/mol. The molecule has 0 unspecified atom stereocenters. The largest absolute Gasteiger partial charge is 0.324 e. The van der Waals surface area contributed by atoms with Gasteiger partial charge in [0.1, 0.15) is 17.3 Å². The molecule has 26 heavy (non-hydrogen) atoms. The Morgan fingerprint density at radius 3 is 2.19 bits per heavy atom. The Morgan fingerprint density at radius 2 is 1.62 bits per heavy atom. The molecule has 0 fully saturated rings. The van der Waals surface area contributed by atoms with E-state index in [1.165, 1.54) is 24.0 Å². The van der Waals surface area contributed by atoms with Crippen LogP contribution in [0.4, 0.5) is 26.1 Å². The van der Waals surface area contributed by atoms with Crippen LogP contribution in [0.25, 0.3) is 0 Å². The summed E-state index contributed by atoms with van der Waals surface area (Å²) >= 11 is 0. The van der Waals surface area contributed by atoms with Gasteiger partial charge in [0.25, 0.3) is 5.91 Å². The molecule has 1 aromatic heterocycles. The van der Waals surface area contributed by atoms with Crippen LogP contribution in [0.3, 0.4) is 0 Å². The molecular formula is C19H16F2N4O. The average Bonchev–Trinajstić information content (AvgIpc) is 2.66. The topological polar surface area (TPSA) is 66.9 Å². The lowest BCUT2D eigenvalue weighted by molar-refractivity contribution is 0.102. The van der Waals surface area contributed by atoms with Crippen molar-refractivity contribution in [2.75, 3.05) is 10.6 Å². The number of rotatable bonds is 5. The Labute approximate surface area is 149 Å². The number of nitrogens with zero attached hydrogens (tertiary/aromatic N) is 2. The van der Waals surface area contributed by atoms with Crippen molar-refractivity contribution in [2.45, 2.75) is 13.3 Å². The molecule has 0 radical (unpaired) electrons. The number of nitrogens with one attached hydrogen (secondary N) is 2. The maximum Gasteiger partial charge on any atom is 0.258 e. The van der Waals surface area contributed by atoms with E-state index in [-0.39, 0.29) is 5.56 Å². The highest BCUT2D eigenvalue weighted by atomic mass is 19.1. The Kier molecular flexibility index (Phi) is 5.17. The van der Waals surface area contributed by atoms with E-state index in [0.717, 1.165) is 24.2 Å². The van der Waals surface area contributed by atoms with E-state index >= 15 is 0 Å². The third kappa shape index (κ3) is 4.00. The van der Waals surface area contributed by atoms with E-state index in [4.69, 9.17) is 0 Å². The standard InChI is InChI=1S/C19H16F2N4O/c1-2-12-6-8-14(9-7-12)24-19-22-10-13(11-23-19)18(26)25-17-15(20)4-3-5-16(17)21/h3-11H,2H2,1H3,(H,25,26)(H,22,23,24). The second-order valence-electron chi connectivity index (χ2n) is 5.52. The number of para-hydroxylation sites is 1. The quantitative estimate of drug-likeness (QED) is 0.716. The summed E-state index contributed by atoms with van der Waals surface area (Å²) in [6.45, 7) is 2.07. The molecule has 0 saturated carbocycles. The van der Waals surface area contributed by atoms with Gasteiger partial charge >= 0.3 is 0 Å². The summed E-state index contributed by atoms with van der Waals surface area (Å²) in [6, 6.07) is 11.1. The van der Waals surface area contributed by atoms with Gasteiger partial charge in [0.2, 0.25) is 5.95 Å². The fraction of sp³-hybridized carbons (Fsp3) is 0.105. The highest BCUT2D eigenvalue weighted by Crippen LogP contribution is 2.19. The molecule has 2 aromatic carbocycles. The van der Waals surface area contributed by atoms with E-state index in [1.54, 1.807) is 0 Å². The fourth-order valence-electron chi connectivity index (χ4n) is 2.27. The van der Waals surface area contributed by atoms with Crippen molar-refractivity contribution < 1.29 is 13.6 Å².